The van der Waals surface area contributed by atoms with E-state index in [2.05, 4.69) is 4.98 Å². The van der Waals surface area contributed by atoms with Crippen molar-refractivity contribution in [2.75, 3.05) is 0 Å². The Morgan fingerprint density at radius 2 is 2.08 bits per heavy atom. The summed E-state index contributed by atoms with van der Waals surface area (Å²) >= 11 is 0. The summed E-state index contributed by atoms with van der Waals surface area (Å²) in [6.45, 7) is 2.08. The average Bonchev–Trinajstić information content (AvgIpc) is 2.40. The minimum atomic E-state index is 0.107. The van der Waals surface area contributed by atoms with E-state index in [1.54, 1.807) is 0 Å². The standard InChI is InChI=1S/C10H11NO/c1-7-9(6-12)8-4-2-3-5-10(8)11-7/h2-5,11-12H,6H2,1H3. The molecule has 0 spiro atoms. The molecule has 0 bridgehead atoms. The molecule has 0 aliphatic carbocycles. The SMILES string of the molecule is Cc1[nH]c2ccccc2c1CO. The maximum atomic E-state index is 9.09. The van der Waals surface area contributed by atoms with E-state index in [1.165, 1.54) is 0 Å². The predicted octanol–water partition coefficient (Wildman–Crippen LogP) is 1.97. The van der Waals surface area contributed by atoms with Crippen molar-refractivity contribution in [1.82, 2.24) is 4.98 Å². The minimum Gasteiger partial charge on any atom is -0.392 e. The van der Waals surface area contributed by atoms with Crippen LogP contribution in [0, 0.1) is 6.92 Å². The van der Waals surface area contributed by atoms with Gasteiger partial charge in [-0.25, -0.2) is 0 Å². The van der Waals surface area contributed by atoms with Crippen LogP contribution in [0.1, 0.15) is 11.3 Å². The fourth-order valence-corrected chi connectivity index (χ4v) is 1.54. The molecule has 2 aromatic rings. The van der Waals surface area contributed by atoms with Crippen LogP contribution in [0.4, 0.5) is 0 Å². The zero-order valence-electron chi connectivity index (χ0n) is 6.96. The molecule has 2 heteroatoms. The van der Waals surface area contributed by atoms with Crippen molar-refractivity contribution in [2.24, 2.45) is 0 Å². The van der Waals surface area contributed by atoms with Crippen LogP contribution in [0.5, 0.6) is 0 Å². The number of nitrogens with one attached hydrogen (secondary N) is 1. The number of aliphatic hydroxyl groups excluding tert-OH is 1. The molecule has 0 aliphatic heterocycles. The Balaban J connectivity index is 2.81. The monoisotopic (exact) mass is 161 g/mol. The normalized spacial score (nSPS) is 10.8. The third-order valence-electron chi connectivity index (χ3n) is 2.19. The lowest BCUT2D eigenvalue weighted by molar-refractivity contribution is 0.282. The van der Waals surface area contributed by atoms with Gasteiger partial charge in [-0.2, -0.15) is 0 Å². The smallest absolute Gasteiger partial charge is 0.0705 e. The van der Waals surface area contributed by atoms with Crippen molar-refractivity contribution in [3.05, 3.63) is 35.5 Å². The molecule has 12 heavy (non-hydrogen) atoms. The average molecular weight is 161 g/mol. The lowest BCUT2D eigenvalue weighted by atomic mass is 10.1. The summed E-state index contributed by atoms with van der Waals surface area (Å²) in [6, 6.07) is 8.00. The Hall–Kier alpha value is -1.28. The largest absolute Gasteiger partial charge is 0.392 e. The van der Waals surface area contributed by atoms with Gasteiger partial charge < -0.3 is 10.1 Å². The van der Waals surface area contributed by atoms with Crippen LogP contribution in [0.2, 0.25) is 0 Å². The van der Waals surface area contributed by atoms with Crippen LogP contribution < -0.4 is 0 Å². The number of benzene rings is 1. The zero-order chi connectivity index (χ0) is 8.55. The van der Waals surface area contributed by atoms with Gasteiger partial charge in [0.25, 0.3) is 0 Å². The quantitative estimate of drug-likeness (QED) is 0.659. The lowest BCUT2D eigenvalue weighted by Gasteiger charge is -1.92. The molecule has 62 valence electrons. The van der Waals surface area contributed by atoms with Crippen molar-refractivity contribution in [3.63, 3.8) is 0 Å². The Kier molecular flexibility index (Phi) is 1.62. The Labute approximate surface area is 70.8 Å². The lowest BCUT2D eigenvalue weighted by Crippen LogP contribution is -1.82. The molecule has 1 aromatic heterocycles. The summed E-state index contributed by atoms with van der Waals surface area (Å²) in [5.41, 5.74) is 3.16. The van der Waals surface area contributed by atoms with Gasteiger partial charge in [-0.1, -0.05) is 18.2 Å². The molecule has 0 fully saturated rings. The molecule has 2 N–H and O–H groups in total. The topological polar surface area (TPSA) is 36.0 Å². The number of aromatic amines is 1. The summed E-state index contributed by atoms with van der Waals surface area (Å²) in [7, 11) is 0. The second-order valence-electron chi connectivity index (χ2n) is 2.93. The molecular weight excluding hydrogens is 150 g/mol. The molecule has 0 unspecified atom stereocenters. The first-order valence-corrected chi connectivity index (χ1v) is 4.00. The molecule has 0 radical (unpaired) electrons. The van der Waals surface area contributed by atoms with Crippen molar-refractivity contribution in [3.8, 4) is 0 Å². The number of aryl methyl sites for hydroxylation is 1. The number of hydrogen-bond acceptors (Lipinski definition) is 1. The van der Waals surface area contributed by atoms with E-state index in [0.29, 0.717) is 0 Å². The number of H-pyrrole nitrogens is 1. The Morgan fingerprint density at radius 3 is 2.83 bits per heavy atom. The van der Waals surface area contributed by atoms with E-state index in [-0.39, 0.29) is 6.61 Å². The van der Waals surface area contributed by atoms with Gasteiger partial charge in [0.2, 0.25) is 0 Å². The molecule has 0 amide bonds. The number of aliphatic hydroxyl groups is 1. The van der Waals surface area contributed by atoms with Crippen LogP contribution in [-0.2, 0) is 6.61 Å². The third kappa shape index (κ3) is 0.924. The van der Waals surface area contributed by atoms with Crippen LogP contribution in [0.3, 0.4) is 0 Å². The van der Waals surface area contributed by atoms with Gasteiger partial charge in [-0.05, 0) is 13.0 Å². The number of rotatable bonds is 1. The molecule has 0 saturated carbocycles. The van der Waals surface area contributed by atoms with E-state index in [0.717, 1.165) is 22.2 Å². The van der Waals surface area contributed by atoms with E-state index in [1.807, 2.05) is 31.2 Å². The van der Waals surface area contributed by atoms with Gasteiger partial charge in [-0.3, -0.25) is 0 Å². The van der Waals surface area contributed by atoms with Crippen molar-refractivity contribution < 1.29 is 5.11 Å². The van der Waals surface area contributed by atoms with Gasteiger partial charge in [0.05, 0.1) is 6.61 Å². The van der Waals surface area contributed by atoms with Crippen molar-refractivity contribution in [2.45, 2.75) is 13.5 Å². The van der Waals surface area contributed by atoms with Gasteiger partial charge in [0.15, 0.2) is 0 Å². The van der Waals surface area contributed by atoms with Gasteiger partial charge in [-0.15, -0.1) is 0 Å². The summed E-state index contributed by atoms with van der Waals surface area (Å²) < 4.78 is 0. The molecule has 2 rings (SSSR count). The number of hydrogen-bond donors (Lipinski definition) is 2. The molecule has 0 atom stereocenters. The van der Waals surface area contributed by atoms with Crippen LogP contribution >= 0.6 is 0 Å². The van der Waals surface area contributed by atoms with Crippen LogP contribution in [-0.4, -0.2) is 10.1 Å². The first-order chi connectivity index (χ1) is 5.83. The summed E-state index contributed by atoms with van der Waals surface area (Å²) in [4.78, 5) is 3.22. The summed E-state index contributed by atoms with van der Waals surface area (Å²) in [5, 5.41) is 10.2. The van der Waals surface area contributed by atoms with Gasteiger partial charge >= 0.3 is 0 Å². The van der Waals surface area contributed by atoms with E-state index >= 15 is 0 Å². The third-order valence-corrected chi connectivity index (χ3v) is 2.19. The highest BCUT2D eigenvalue weighted by molar-refractivity contribution is 5.84. The maximum absolute atomic E-state index is 9.09. The highest BCUT2D eigenvalue weighted by Gasteiger charge is 2.04. The molecule has 0 saturated heterocycles. The highest BCUT2D eigenvalue weighted by Crippen LogP contribution is 2.21. The Bertz CT molecular complexity index is 403. The van der Waals surface area contributed by atoms with Gasteiger partial charge in [0.1, 0.15) is 0 Å². The summed E-state index contributed by atoms with van der Waals surface area (Å²) in [6.07, 6.45) is 0. The number of aromatic nitrogens is 1. The molecule has 2 nitrogen and oxygen atoms in total. The maximum Gasteiger partial charge on any atom is 0.0705 e. The second kappa shape index (κ2) is 2.64. The minimum absolute atomic E-state index is 0.107. The fourth-order valence-electron chi connectivity index (χ4n) is 1.54. The Morgan fingerprint density at radius 1 is 1.33 bits per heavy atom. The number of para-hydroxylation sites is 1. The molecular formula is C10H11NO. The molecule has 1 aromatic carbocycles. The number of fused-ring (bicyclic) bond motifs is 1. The van der Waals surface area contributed by atoms with Crippen molar-refractivity contribution in [1.29, 1.82) is 0 Å². The predicted molar refractivity (Wildman–Crippen MR) is 49.0 cm³/mol. The van der Waals surface area contributed by atoms with Crippen LogP contribution in [0.15, 0.2) is 24.3 Å². The van der Waals surface area contributed by atoms with Gasteiger partial charge in [0, 0.05) is 22.2 Å². The second-order valence-corrected chi connectivity index (χ2v) is 2.93. The molecule has 0 aliphatic rings. The first-order valence-electron chi connectivity index (χ1n) is 4.00. The zero-order valence-corrected chi connectivity index (χ0v) is 6.96. The van der Waals surface area contributed by atoms with E-state index < -0.39 is 0 Å². The van der Waals surface area contributed by atoms with E-state index in [4.69, 9.17) is 5.11 Å². The highest BCUT2D eigenvalue weighted by atomic mass is 16.3. The van der Waals surface area contributed by atoms with Crippen LogP contribution in [0.25, 0.3) is 10.9 Å². The van der Waals surface area contributed by atoms with E-state index in [9.17, 15) is 0 Å². The first kappa shape index (κ1) is 7.37. The summed E-state index contributed by atoms with van der Waals surface area (Å²) in [5.74, 6) is 0. The van der Waals surface area contributed by atoms with Crippen molar-refractivity contribution >= 4 is 10.9 Å². The molecule has 1 heterocycles. The fraction of sp³-hybridized carbons (Fsp3) is 0.200.